The highest BCUT2D eigenvalue weighted by Crippen LogP contribution is 2.26. The Morgan fingerprint density at radius 1 is 1.45 bits per heavy atom. The smallest absolute Gasteiger partial charge is 0.191 e. The van der Waals surface area contributed by atoms with Crippen LogP contribution in [0.2, 0.25) is 5.02 Å². The number of aromatic nitrogens is 3. The Bertz CT molecular complexity index is 643. The van der Waals surface area contributed by atoms with Crippen molar-refractivity contribution in [3.05, 3.63) is 34.6 Å². The number of carbonyl (C=O) groups is 1. The number of Topliss-reactive ketones (excluding diaryl/α,β-unsaturated/α-hetero) is 1. The number of carbonyl (C=O) groups excluding carboxylic acids is 1. The Kier molecular flexibility index (Phi) is 4.67. The van der Waals surface area contributed by atoms with Crippen molar-refractivity contribution in [2.75, 3.05) is 12.9 Å². The number of hydrogen-bond donors (Lipinski definition) is 0. The van der Waals surface area contributed by atoms with Crippen LogP contribution >= 0.6 is 23.4 Å². The topological polar surface area (TPSA) is 57.0 Å². The van der Waals surface area contributed by atoms with Gasteiger partial charge in [0.05, 0.1) is 17.9 Å². The van der Waals surface area contributed by atoms with Gasteiger partial charge in [-0.1, -0.05) is 23.4 Å². The van der Waals surface area contributed by atoms with E-state index in [4.69, 9.17) is 16.3 Å². The van der Waals surface area contributed by atoms with E-state index in [9.17, 15) is 4.79 Å². The van der Waals surface area contributed by atoms with Crippen LogP contribution in [0.4, 0.5) is 0 Å². The zero-order valence-electron chi connectivity index (χ0n) is 11.4. The maximum absolute atomic E-state index is 12.1. The highest BCUT2D eigenvalue weighted by Gasteiger charge is 2.12. The molecular weight excluding hydrogens is 298 g/mol. The van der Waals surface area contributed by atoms with Crippen molar-refractivity contribution in [2.24, 2.45) is 7.05 Å². The molecule has 20 heavy (non-hydrogen) atoms. The molecule has 0 atom stereocenters. The molecule has 0 radical (unpaired) electrons. The van der Waals surface area contributed by atoms with Gasteiger partial charge in [0.25, 0.3) is 0 Å². The number of halogens is 1. The van der Waals surface area contributed by atoms with E-state index in [0.717, 1.165) is 11.0 Å². The largest absolute Gasteiger partial charge is 0.495 e. The normalized spacial score (nSPS) is 10.6. The predicted octanol–water partition coefficient (Wildman–Crippen LogP) is 2.76. The van der Waals surface area contributed by atoms with Gasteiger partial charge < -0.3 is 9.30 Å². The van der Waals surface area contributed by atoms with Crippen LogP contribution in [0.25, 0.3) is 0 Å². The number of rotatable bonds is 5. The first-order chi connectivity index (χ1) is 9.52. The molecule has 0 fully saturated rings. The molecule has 1 aromatic heterocycles. The second-order valence-corrected chi connectivity index (χ2v) is 5.50. The average molecular weight is 312 g/mol. The maximum Gasteiger partial charge on any atom is 0.191 e. The number of ketones is 1. The molecule has 2 rings (SSSR count). The third kappa shape index (κ3) is 3.13. The van der Waals surface area contributed by atoms with E-state index in [-0.39, 0.29) is 11.5 Å². The Hall–Kier alpha value is -1.53. The number of nitrogens with zero attached hydrogens (tertiary/aromatic N) is 3. The number of ether oxygens (including phenoxy) is 1. The van der Waals surface area contributed by atoms with Gasteiger partial charge in [0.15, 0.2) is 10.9 Å². The van der Waals surface area contributed by atoms with Crippen LogP contribution in [0.15, 0.2) is 23.4 Å². The predicted molar refractivity (Wildman–Crippen MR) is 78.8 cm³/mol. The van der Waals surface area contributed by atoms with Gasteiger partial charge in [-0.2, -0.15) is 0 Å². The quantitative estimate of drug-likeness (QED) is 0.628. The summed E-state index contributed by atoms with van der Waals surface area (Å²) >= 11 is 7.36. The van der Waals surface area contributed by atoms with Crippen LogP contribution in [-0.4, -0.2) is 33.4 Å². The molecule has 0 unspecified atom stereocenters. The van der Waals surface area contributed by atoms with Crippen molar-refractivity contribution < 1.29 is 9.53 Å². The zero-order chi connectivity index (χ0) is 14.7. The van der Waals surface area contributed by atoms with Gasteiger partial charge >= 0.3 is 0 Å². The molecular formula is C13H14ClN3O2S. The fraction of sp³-hybridized carbons (Fsp3) is 0.308. The second-order valence-electron chi connectivity index (χ2n) is 4.15. The summed E-state index contributed by atoms with van der Waals surface area (Å²) in [7, 11) is 3.40. The van der Waals surface area contributed by atoms with Gasteiger partial charge in [0.1, 0.15) is 11.6 Å². The van der Waals surface area contributed by atoms with Crippen LogP contribution < -0.4 is 4.74 Å². The fourth-order valence-electron chi connectivity index (χ4n) is 1.57. The molecule has 0 saturated carbocycles. The lowest BCUT2D eigenvalue weighted by Crippen LogP contribution is -2.04. The summed E-state index contributed by atoms with van der Waals surface area (Å²) in [6.45, 7) is 1.86. The minimum Gasteiger partial charge on any atom is -0.495 e. The number of hydrogen-bond acceptors (Lipinski definition) is 5. The summed E-state index contributed by atoms with van der Waals surface area (Å²) in [5.74, 6) is 1.64. The van der Waals surface area contributed by atoms with Gasteiger partial charge in [-0.25, -0.2) is 0 Å². The van der Waals surface area contributed by atoms with E-state index in [0.29, 0.717) is 16.3 Å². The van der Waals surface area contributed by atoms with Crippen LogP contribution in [0, 0.1) is 6.92 Å². The van der Waals surface area contributed by atoms with Gasteiger partial charge in [0.2, 0.25) is 0 Å². The molecule has 2 aromatic rings. The molecule has 0 amide bonds. The standard InChI is InChI=1S/C13H14ClN3O2S/c1-8-15-16-13(17(8)2)20-7-11(18)9-4-5-12(19-3)10(14)6-9/h4-6H,7H2,1-3H3. The van der Waals surface area contributed by atoms with Gasteiger partial charge in [-0.15, -0.1) is 10.2 Å². The van der Waals surface area contributed by atoms with Crippen LogP contribution in [0.3, 0.4) is 0 Å². The summed E-state index contributed by atoms with van der Waals surface area (Å²) in [5.41, 5.74) is 0.558. The SMILES string of the molecule is COc1ccc(C(=O)CSc2nnc(C)n2C)cc1Cl. The lowest BCUT2D eigenvalue weighted by molar-refractivity contribution is 0.102. The van der Waals surface area contributed by atoms with Gasteiger partial charge in [-0.3, -0.25) is 4.79 Å². The Morgan fingerprint density at radius 3 is 2.75 bits per heavy atom. The Labute approximate surface area is 126 Å². The monoisotopic (exact) mass is 311 g/mol. The number of methoxy groups -OCH3 is 1. The molecule has 0 spiro atoms. The lowest BCUT2D eigenvalue weighted by atomic mass is 10.1. The number of thioether (sulfide) groups is 1. The summed E-state index contributed by atoms with van der Waals surface area (Å²) in [6.07, 6.45) is 0. The van der Waals surface area contributed by atoms with Crippen molar-refractivity contribution in [1.29, 1.82) is 0 Å². The molecule has 0 aliphatic rings. The second kappa shape index (κ2) is 6.28. The van der Waals surface area contributed by atoms with Gasteiger partial charge in [-0.05, 0) is 25.1 Å². The molecule has 1 aromatic carbocycles. The molecule has 0 N–H and O–H groups in total. The first-order valence-corrected chi connectivity index (χ1v) is 7.25. The van der Waals surface area contributed by atoms with Crippen molar-refractivity contribution in [3.63, 3.8) is 0 Å². The van der Waals surface area contributed by atoms with Crippen molar-refractivity contribution in [3.8, 4) is 5.75 Å². The summed E-state index contributed by atoms with van der Waals surface area (Å²) < 4.78 is 6.90. The molecule has 1 heterocycles. The summed E-state index contributed by atoms with van der Waals surface area (Å²) in [5, 5.41) is 9.10. The zero-order valence-corrected chi connectivity index (χ0v) is 13.0. The third-order valence-corrected chi connectivity index (χ3v) is 4.17. The van der Waals surface area contributed by atoms with Crippen molar-refractivity contribution in [2.45, 2.75) is 12.1 Å². The Balaban J connectivity index is 2.05. The Morgan fingerprint density at radius 2 is 2.20 bits per heavy atom. The van der Waals surface area contributed by atoms with E-state index in [2.05, 4.69) is 10.2 Å². The summed E-state index contributed by atoms with van der Waals surface area (Å²) in [4.78, 5) is 12.1. The van der Waals surface area contributed by atoms with E-state index < -0.39 is 0 Å². The molecule has 0 aliphatic carbocycles. The highest BCUT2D eigenvalue weighted by atomic mass is 35.5. The van der Waals surface area contributed by atoms with Crippen LogP contribution in [-0.2, 0) is 7.05 Å². The van der Waals surface area contributed by atoms with E-state index in [1.165, 1.54) is 18.9 Å². The van der Waals surface area contributed by atoms with Crippen molar-refractivity contribution >= 4 is 29.1 Å². The average Bonchev–Trinajstić information content (AvgIpc) is 2.76. The van der Waals surface area contributed by atoms with Crippen LogP contribution in [0.1, 0.15) is 16.2 Å². The highest BCUT2D eigenvalue weighted by molar-refractivity contribution is 7.99. The third-order valence-electron chi connectivity index (χ3n) is 2.86. The van der Waals surface area contributed by atoms with E-state index in [1.54, 1.807) is 18.2 Å². The van der Waals surface area contributed by atoms with E-state index in [1.807, 2.05) is 18.5 Å². The molecule has 7 heteroatoms. The molecule has 5 nitrogen and oxygen atoms in total. The molecule has 0 saturated heterocycles. The lowest BCUT2D eigenvalue weighted by Gasteiger charge is -2.05. The first kappa shape index (κ1) is 14.9. The van der Waals surface area contributed by atoms with E-state index >= 15 is 0 Å². The molecule has 106 valence electrons. The minimum absolute atomic E-state index is 0.0137. The molecule has 0 bridgehead atoms. The maximum atomic E-state index is 12.1. The van der Waals surface area contributed by atoms with Gasteiger partial charge in [0, 0.05) is 12.6 Å². The number of aryl methyl sites for hydroxylation is 1. The number of benzene rings is 1. The summed E-state index contributed by atoms with van der Waals surface area (Å²) in [6, 6.07) is 5.01. The first-order valence-electron chi connectivity index (χ1n) is 5.88. The fourth-order valence-corrected chi connectivity index (χ4v) is 2.68. The minimum atomic E-state index is -0.0137. The van der Waals surface area contributed by atoms with Crippen molar-refractivity contribution in [1.82, 2.24) is 14.8 Å². The van der Waals surface area contributed by atoms with Crippen LogP contribution in [0.5, 0.6) is 5.75 Å². The molecule has 0 aliphatic heterocycles.